The number of aliphatic hydroxyl groups is 1. The number of piperidine rings is 1. The minimum absolute atomic E-state index is 0.275. The van der Waals surface area contributed by atoms with Crippen molar-refractivity contribution in [2.24, 2.45) is 5.92 Å². The van der Waals surface area contributed by atoms with Gasteiger partial charge in [-0.3, -0.25) is 0 Å². The molecule has 2 heterocycles. The Bertz CT molecular complexity index is 475. The Morgan fingerprint density at radius 1 is 1.41 bits per heavy atom. The molecule has 0 aliphatic carbocycles. The first-order valence-corrected chi connectivity index (χ1v) is 6.17. The van der Waals surface area contributed by atoms with Gasteiger partial charge in [-0.15, -0.1) is 0 Å². The maximum absolute atomic E-state index is 9.24. The van der Waals surface area contributed by atoms with Crippen LogP contribution in [0.3, 0.4) is 0 Å². The number of anilines is 1. The third-order valence-corrected chi connectivity index (χ3v) is 3.45. The summed E-state index contributed by atoms with van der Waals surface area (Å²) in [5.41, 5.74) is 2.09. The maximum Gasteiger partial charge on any atom is 0.203 e. The molecule has 90 valence electrons. The number of nitrogens with one attached hydrogen (secondary N) is 1. The molecule has 1 aromatic carbocycles. The van der Waals surface area contributed by atoms with E-state index in [2.05, 4.69) is 14.9 Å². The van der Waals surface area contributed by atoms with Crippen molar-refractivity contribution in [3.63, 3.8) is 0 Å². The number of aromatic nitrogens is 2. The molecule has 0 radical (unpaired) electrons. The minimum Gasteiger partial charge on any atom is -0.396 e. The first-order valence-electron chi connectivity index (χ1n) is 6.17. The van der Waals surface area contributed by atoms with Gasteiger partial charge in [-0.1, -0.05) is 12.1 Å². The van der Waals surface area contributed by atoms with Crippen molar-refractivity contribution < 1.29 is 5.11 Å². The number of aromatic amines is 1. The average molecular weight is 231 g/mol. The molecule has 1 aliphatic rings. The van der Waals surface area contributed by atoms with Gasteiger partial charge in [0.15, 0.2) is 0 Å². The van der Waals surface area contributed by atoms with E-state index < -0.39 is 0 Å². The fraction of sp³-hybridized carbons (Fsp3) is 0.462. The summed E-state index contributed by atoms with van der Waals surface area (Å²) in [5, 5.41) is 9.24. The van der Waals surface area contributed by atoms with E-state index in [0.717, 1.165) is 42.9 Å². The van der Waals surface area contributed by atoms with Crippen LogP contribution < -0.4 is 4.90 Å². The number of hydrogen-bond donors (Lipinski definition) is 2. The van der Waals surface area contributed by atoms with Crippen molar-refractivity contribution in [3.05, 3.63) is 24.3 Å². The molecule has 0 amide bonds. The van der Waals surface area contributed by atoms with Gasteiger partial charge in [0, 0.05) is 19.7 Å². The molecule has 4 nitrogen and oxygen atoms in total. The summed E-state index contributed by atoms with van der Waals surface area (Å²) in [6.45, 7) is 2.20. The molecule has 1 atom stereocenters. The number of benzene rings is 1. The first kappa shape index (κ1) is 10.6. The summed E-state index contributed by atoms with van der Waals surface area (Å²) < 4.78 is 0. The van der Waals surface area contributed by atoms with Crippen LogP contribution in [0.4, 0.5) is 5.95 Å². The van der Waals surface area contributed by atoms with Gasteiger partial charge in [-0.05, 0) is 30.9 Å². The van der Waals surface area contributed by atoms with Crippen LogP contribution in [0, 0.1) is 5.92 Å². The maximum atomic E-state index is 9.24. The van der Waals surface area contributed by atoms with E-state index in [0.29, 0.717) is 5.92 Å². The van der Waals surface area contributed by atoms with E-state index in [1.807, 2.05) is 24.3 Å². The van der Waals surface area contributed by atoms with Gasteiger partial charge in [-0.25, -0.2) is 4.98 Å². The second kappa shape index (κ2) is 4.37. The Morgan fingerprint density at radius 3 is 3.12 bits per heavy atom. The molecule has 1 unspecified atom stereocenters. The summed E-state index contributed by atoms with van der Waals surface area (Å²) in [4.78, 5) is 10.2. The van der Waals surface area contributed by atoms with Gasteiger partial charge in [0.1, 0.15) is 0 Å². The van der Waals surface area contributed by atoms with Crippen LogP contribution in [-0.2, 0) is 0 Å². The van der Waals surface area contributed by atoms with E-state index >= 15 is 0 Å². The first-order chi connectivity index (χ1) is 8.36. The third-order valence-electron chi connectivity index (χ3n) is 3.45. The van der Waals surface area contributed by atoms with Crippen LogP contribution in [0.15, 0.2) is 24.3 Å². The lowest BCUT2D eigenvalue weighted by Gasteiger charge is -2.31. The quantitative estimate of drug-likeness (QED) is 0.828. The van der Waals surface area contributed by atoms with Crippen molar-refractivity contribution in [3.8, 4) is 0 Å². The summed E-state index contributed by atoms with van der Waals surface area (Å²) in [5.74, 6) is 1.32. The molecule has 1 fully saturated rings. The number of aliphatic hydroxyl groups excluding tert-OH is 1. The van der Waals surface area contributed by atoms with E-state index in [1.54, 1.807) is 0 Å². The fourth-order valence-corrected chi connectivity index (χ4v) is 2.50. The lowest BCUT2D eigenvalue weighted by molar-refractivity contribution is 0.208. The predicted molar refractivity (Wildman–Crippen MR) is 68.1 cm³/mol. The molecule has 1 aliphatic heterocycles. The number of H-pyrrole nitrogens is 1. The average Bonchev–Trinajstić information content (AvgIpc) is 2.82. The van der Waals surface area contributed by atoms with Crippen molar-refractivity contribution in [1.29, 1.82) is 0 Å². The largest absolute Gasteiger partial charge is 0.396 e. The zero-order valence-corrected chi connectivity index (χ0v) is 9.76. The monoisotopic (exact) mass is 231 g/mol. The molecule has 17 heavy (non-hydrogen) atoms. The number of nitrogens with zero attached hydrogens (tertiary/aromatic N) is 2. The normalized spacial score (nSPS) is 21.0. The van der Waals surface area contributed by atoms with E-state index in [4.69, 9.17) is 0 Å². The van der Waals surface area contributed by atoms with Crippen molar-refractivity contribution in [2.45, 2.75) is 12.8 Å². The van der Waals surface area contributed by atoms with Crippen LogP contribution in [0.1, 0.15) is 12.8 Å². The lowest BCUT2D eigenvalue weighted by atomic mass is 9.99. The van der Waals surface area contributed by atoms with Gasteiger partial charge < -0.3 is 15.0 Å². The highest BCUT2D eigenvalue weighted by molar-refractivity contribution is 5.77. The summed E-state index contributed by atoms with van der Waals surface area (Å²) in [6, 6.07) is 8.07. The second-order valence-corrected chi connectivity index (χ2v) is 4.71. The van der Waals surface area contributed by atoms with E-state index in [1.165, 1.54) is 0 Å². The SMILES string of the molecule is OCC1CCCN(c2nc3ccccc3[nH]2)C1. The molecule has 3 rings (SSSR count). The third kappa shape index (κ3) is 2.00. The topological polar surface area (TPSA) is 52.1 Å². The van der Waals surface area contributed by atoms with E-state index in [-0.39, 0.29) is 6.61 Å². The van der Waals surface area contributed by atoms with Crippen molar-refractivity contribution >= 4 is 17.0 Å². The molecule has 0 bridgehead atoms. The van der Waals surface area contributed by atoms with Crippen LogP contribution in [0.25, 0.3) is 11.0 Å². The molecule has 0 spiro atoms. The number of hydrogen-bond acceptors (Lipinski definition) is 3. The van der Waals surface area contributed by atoms with Gasteiger partial charge in [-0.2, -0.15) is 0 Å². The van der Waals surface area contributed by atoms with Gasteiger partial charge >= 0.3 is 0 Å². The van der Waals surface area contributed by atoms with Crippen LogP contribution in [-0.4, -0.2) is 34.8 Å². The highest BCUT2D eigenvalue weighted by atomic mass is 16.3. The minimum atomic E-state index is 0.275. The summed E-state index contributed by atoms with van der Waals surface area (Å²) in [6.07, 6.45) is 2.25. The highest BCUT2D eigenvalue weighted by Crippen LogP contribution is 2.22. The van der Waals surface area contributed by atoms with Crippen molar-refractivity contribution in [2.75, 3.05) is 24.6 Å². The number of imidazole rings is 1. The summed E-state index contributed by atoms with van der Waals surface area (Å²) in [7, 11) is 0. The second-order valence-electron chi connectivity index (χ2n) is 4.71. The Hall–Kier alpha value is -1.55. The summed E-state index contributed by atoms with van der Waals surface area (Å²) >= 11 is 0. The van der Waals surface area contributed by atoms with Crippen LogP contribution in [0.2, 0.25) is 0 Å². The van der Waals surface area contributed by atoms with E-state index in [9.17, 15) is 5.11 Å². The van der Waals surface area contributed by atoms with Crippen molar-refractivity contribution in [1.82, 2.24) is 9.97 Å². The Kier molecular flexibility index (Phi) is 2.73. The Morgan fingerprint density at radius 2 is 2.29 bits per heavy atom. The zero-order chi connectivity index (χ0) is 11.7. The number of fused-ring (bicyclic) bond motifs is 1. The molecular weight excluding hydrogens is 214 g/mol. The highest BCUT2D eigenvalue weighted by Gasteiger charge is 2.21. The Labute approximate surface area is 100 Å². The van der Waals surface area contributed by atoms with Gasteiger partial charge in [0.2, 0.25) is 5.95 Å². The Balaban J connectivity index is 1.87. The predicted octanol–water partition coefficient (Wildman–Crippen LogP) is 1.77. The molecule has 0 saturated carbocycles. The standard InChI is InChI=1S/C13H17N3O/c17-9-10-4-3-7-16(8-10)13-14-11-5-1-2-6-12(11)15-13/h1-2,5-6,10,17H,3-4,7-9H2,(H,14,15). The molecule has 1 aromatic heterocycles. The van der Waals surface area contributed by atoms with Crippen LogP contribution in [0.5, 0.6) is 0 Å². The fourth-order valence-electron chi connectivity index (χ4n) is 2.50. The molecule has 2 N–H and O–H groups in total. The zero-order valence-electron chi connectivity index (χ0n) is 9.76. The lowest BCUT2D eigenvalue weighted by Crippen LogP contribution is -2.37. The molecular formula is C13H17N3O. The number of rotatable bonds is 2. The molecule has 2 aromatic rings. The van der Waals surface area contributed by atoms with Gasteiger partial charge in [0.05, 0.1) is 11.0 Å². The molecule has 4 heteroatoms. The van der Waals surface area contributed by atoms with Crippen LogP contribution >= 0.6 is 0 Å². The number of para-hydroxylation sites is 2. The molecule has 1 saturated heterocycles. The van der Waals surface area contributed by atoms with Gasteiger partial charge in [0.25, 0.3) is 0 Å². The smallest absolute Gasteiger partial charge is 0.203 e.